The predicted molar refractivity (Wildman–Crippen MR) is 141 cm³/mol. The van der Waals surface area contributed by atoms with Crippen molar-refractivity contribution in [1.82, 2.24) is 34.4 Å². The molecule has 4 aromatic rings. The number of nitrogen functional groups attached to an aromatic ring is 1. The normalized spacial score (nSPS) is 13.4. The molecule has 0 fully saturated rings. The largest absolute Gasteiger partial charge is 0.417 e. The molecular formula is C25H32ClF3N8O. The number of ether oxygens (including phenoxy) is 1. The number of imidazole rings is 2. The first kappa shape index (κ1) is 28.1. The Morgan fingerprint density at radius 2 is 1.97 bits per heavy atom. The summed E-state index contributed by atoms with van der Waals surface area (Å²) in [6.07, 6.45) is 1.81. The average Bonchev–Trinajstić information content (AvgIpc) is 3.45. The maximum absolute atomic E-state index is 13.1. The van der Waals surface area contributed by atoms with Gasteiger partial charge in [0.25, 0.3) is 0 Å². The number of hydrogen-bond donors (Lipinski definition) is 2. The number of aryl methyl sites for hydroxylation is 2. The van der Waals surface area contributed by atoms with E-state index in [9.17, 15) is 13.2 Å². The Hall–Kier alpha value is -2.96. The molecule has 0 spiro atoms. The van der Waals surface area contributed by atoms with E-state index in [1.54, 1.807) is 13.4 Å². The lowest BCUT2D eigenvalue weighted by Gasteiger charge is -2.30. The number of nitrogens with zero attached hydrogens (tertiary/aromatic N) is 6. The van der Waals surface area contributed by atoms with Crippen LogP contribution in [0.5, 0.6) is 0 Å². The van der Waals surface area contributed by atoms with Crippen molar-refractivity contribution >= 4 is 39.6 Å². The number of H-pyrrole nitrogens is 1. The van der Waals surface area contributed by atoms with Crippen LogP contribution >= 0.6 is 11.6 Å². The van der Waals surface area contributed by atoms with Crippen LogP contribution in [0, 0.1) is 0 Å². The monoisotopic (exact) mass is 552 g/mol. The molecule has 0 saturated carbocycles. The molecule has 0 aliphatic rings. The van der Waals surface area contributed by atoms with Gasteiger partial charge in [-0.1, -0.05) is 11.6 Å². The van der Waals surface area contributed by atoms with Crippen LogP contribution in [0.25, 0.3) is 22.2 Å². The molecule has 0 aliphatic carbocycles. The Kier molecular flexibility index (Phi) is 8.74. The van der Waals surface area contributed by atoms with Gasteiger partial charge in [0.15, 0.2) is 11.5 Å². The minimum atomic E-state index is -4.51. The number of nitrogens with one attached hydrogen (secondary N) is 1. The van der Waals surface area contributed by atoms with Crippen LogP contribution in [0.2, 0.25) is 5.02 Å². The van der Waals surface area contributed by atoms with E-state index >= 15 is 0 Å². The number of hydrogen-bond acceptors (Lipinski definition) is 7. The number of alkyl halides is 3. The van der Waals surface area contributed by atoms with Crippen LogP contribution in [0.1, 0.15) is 44.5 Å². The van der Waals surface area contributed by atoms with E-state index < -0.39 is 11.7 Å². The molecule has 206 valence electrons. The Morgan fingerprint density at radius 3 is 2.68 bits per heavy atom. The summed E-state index contributed by atoms with van der Waals surface area (Å²) in [6, 6.07) is 2.61. The second-order valence-electron chi connectivity index (χ2n) is 9.59. The highest BCUT2D eigenvalue weighted by Crippen LogP contribution is 2.36. The van der Waals surface area contributed by atoms with E-state index in [1.165, 1.54) is 12.4 Å². The average molecular weight is 553 g/mol. The van der Waals surface area contributed by atoms with Gasteiger partial charge < -0.3 is 20.0 Å². The molecule has 3 aromatic heterocycles. The second kappa shape index (κ2) is 11.8. The Labute approximate surface area is 223 Å². The summed E-state index contributed by atoms with van der Waals surface area (Å²) in [4.78, 5) is 22.4. The lowest BCUT2D eigenvalue weighted by atomic mass is 10.1. The van der Waals surface area contributed by atoms with Crippen molar-refractivity contribution in [3.05, 3.63) is 41.2 Å². The number of nitrogens with two attached hydrogens (primary N) is 1. The lowest BCUT2D eigenvalue weighted by Crippen LogP contribution is -2.39. The van der Waals surface area contributed by atoms with Crippen LogP contribution in [-0.2, 0) is 23.9 Å². The van der Waals surface area contributed by atoms with Gasteiger partial charge in [-0.2, -0.15) is 13.2 Å². The highest BCUT2D eigenvalue weighted by molar-refractivity contribution is 6.32. The fourth-order valence-electron chi connectivity index (χ4n) is 4.48. The van der Waals surface area contributed by atoms with Crippen LogP contribution in [0.3, 0.4) is 0 Å². The van der Waals surface area contributed by atoms with Gasteiger partial charge >= 0.3 is 6.18 Å². The molecule has 3 N–H and O–H groups in total. The van der Waals surface area contributed by atoms with E-state index in [1.807, 2.05) is 4.57 Å². The van der Waals surface area contributed by atoms with Gasteiger partial charge in [-0.15, -0.1) is 0 Å². The van der Waals surface area contributed by atoms with Crippen molar-refractivity contribution in [2.75, 3.05) is 25.9 Å². The zero-order chi connectivity index (χ0) is 27.4. The van der Waals surface area contributed by atoms with E-state index in [0.717, 1.165) is 38.4 Å². The molecule has 1 atom stereocenters. The first-order valence-electron chi connectivity index (χ1n) is 12.5. The molecule has 1 unspecified atom stereocenters. The van der Waals surface area contributed by atoms with Crippen LogP contribution < -0.4 is 5.73 Å². The van der Waals surface area contributed by atoms with Crippen LogP contribution in [-0.4, -0.2) is 66.7 Å². The summed E-state index contributed by atoms with van der Waals surface area (Å²) in [5.74, 6) is 1.01. The summed E-state index contributed by atoms with van der Waals surface area (Å²) in [5, 5.41) is -0.345. The zero-order valence-corrected chi connectivity index (χ0v) is 22.4. The third-order valence-electron chi connectivity index (χ3n) is 6.66. The molecule has 1 aromatic carbocycles. The van der Waals surface area contributed by atoms with Crippen molar-refractivity contribution in [2.45, 2.75) is 64.4 Å². The molecule has 38 heavy (non-hydrogen) atoms. The molecule has 13 heteroatoms. The zero-order valence-electron chi connectivity index (χ0n) is 21.6. The molecule has 0 saturated heterocycles. The maximum atomic E-state index is 13.1. The number of anilines is 1. The second-order valence-corrected chi connectivity index (χ2v) is 10.00. The number of halogens is 4. The van der Waals surface area contributed by atoms with E-state index in [-0.39, 0.29) is 11.1 Å². The Balaban J connectivity index is 1.29. The standard InChI is InChI=1S/C25H32ClF3N8O/c1-15(2)36(12-16(38-3)7-9-37-14-33-22-23(30)31-13-32-24(22)37)8-5-4-6-21-34-19-10-17(25(27,28)29)18(26)11-20(19)35-21/h10-11,13-16H,4-9,12H2,1-3H3,(H,34,35)(H2,30,31,32). The Bertz CT molecular complexity index is 1370. The van der Waals surface area contributed by atoms with E-state index in [2.05, 4.69) is 43.7 Å². The Morgan fingerprint density at radius 1 is 1.18 bits per heavy atom. The third-order valence-corrected chi connectivity index (χ3v) is 6.97. The van der Waals surface area contributed by atoms with Gasteiger partial charge in [0, 0.05) is 32.7 Å². The molecule has 0 amide bonds. The predicted octanol–water partition coefficient (Wildman–Crippen LogP) is 5.10. The lowest BCUT2D eigenvalue weighted by molar-refractivity contribution is -0.137. The fourth-order valence-corrected chi connectivity index (χ4v) is 4.74. The van der Waals surface area contributed by atoms with Gasteiger partial charge in [0.05, 0.1) is 34.1 Å². The highest BCUT2D eigenvalue weighted by atomic mass is 35.5. The van der Waals surface area contributed by atoms with Gasteiger partial charge in [-0.25, -0.2) is 19.9 Å². The molecule has 3 heterocycles. The van der Waals surface area contributed by atoms with Gasteiger partial charge in [0.1, 0.15) is 17.7 Å². The van der Waals surface area contributed by atoms with Crippen LogP contribution in [0.4, 0.5) is 19.0 Å². The summed E-state index contributed by atoms with van der Waals surface area (Å²) in [6.45, 7) is 6.61. The van der Waals surface area contributed by atoms with Crippen LogP contribution in [0.15, 0.2) is 24.8 Å². The van der Waals surface area contributed by atoms with Gasteiger partial charge in [-0.05, 0) is 51.8 Å². The quantitative estimate of drug-likeness (QED) is 0.235. The molecule has 4 rings (SSSR count). The first-order chi connectivity index (χ1) is 18.1. The molecule has 0 aliphatic heterocycles. The van der Waals surface area contributed by atoms with Crippen molar-refractivity contribution in [3.8, 4) is 0 Å². The summed E-state index contributed by atoms with van der Waals surface area (Å²) < 4.78 is 47.2. The smallest absolute Gasteiger partial charge is 0.382 e. The van der Waals surface area contributed by atoms with Crippen molar-refractivity contribution in [2.24, 2.45) is 0 Å². The molecular weight excluding hydrogens is 521 g/mol. The SMILES string of the molecule is COC(CCn1cnc2c(N)ncnc21)CN(CCCCc1nc2cc(Cl)c(C(F)(F)F)cc2[nH]1)C(C)C. The van der Waals surface area contributed by atoms with Gasteiger partial charge in [0.2, 0.25) is 0 Å². The summed E-state index contributed by atoms with van der Waals surface area (Å²) in [7, 11) is 1.72. The minimum Gasteiger partial charge on any atom is -0.382 e. The highest BCUT2D eigenvalue weighted by Gasteiger charge is 2.33. The number of methoxy groups -OCH3 is 1. The first-order valence-corrected chi connectivity index (χ1v) is 12.9. The number of rotatable bonds is 12. The van der Waals surface area contributed by atoms with E-state index in [0.29, 0.717) is 52.8 Å². The third kappa shape index (κ3) is 6.54. The number of aromatic amines is 1. The van der Waals surface area contributed by atoms with Crippen molar-refractivity contribution < 1.29 is 17.9 Å². The fraction of sp³-hybridized carbons (Fsp3) is 0.520. The number of aromatic nitrogens is 6. The van der Waals surface area contributed by atoms with E-state index in [4.69, 9.17) is 22.1 Å². The number of benzene rings is 1. The van der Waals surface area contributed by atoms with Crippen molar-refractivity contribution in [1.29, 1.82) is 0 Å². The number of unbranched alkanes of at least 4 members (excludes halogenated alkanes) is 1. The molecule has 0 radical (unpaired) electrons. The summed E-state index contributed by atoms with van der Waals surface area (Å²) >= 11 is 5.82. The van der Waals surface area contributed by atoms with Crippen molar-refractivity contribution in [3.63, 3.8) is 0 Å². The van der Waals surface area contributed by atoms with Gasteiger partial charge in [-0.3, -0.25) is 4.90 Å². The molecule has 9 nitrogen and oxygen atoms in total. The maximum Gasteiger partial charge on any atom is 0.417 e. The summed E-state index contributed by atoms with van der Waals surface area (Å²) in [5.41, 5.74) is 7.09. The minimum absolute atomic E-state index is 0.0111. The molecule has 0 bridgehead atoms. The number of fused-ring (bicyclic) bond motifs is 2. The topological polar surface area (TPSA) is 111 Å².